The van der Waals surface area contributed by atoms with E-state index in [1.54, 1.807) is 0 Å². The van der Waals surface area contributed by atoms with Crippen molar-refractivity contribution >= 4 is 0 Å². The van der Waals surface area contributed by atoms with Gasteiger partial charge in [-0.15, -0.1) is 0 Å². The van der Waals surface area contributed by atoms with Crippen molar-refractivity contribution in [3.8, 4) is 0 Å². The van der Waals surface area contributed by atoms with Crippen LogP contribution in [0.1, 0.15) is 44.8 Å². The molecular weight excluding hydrogens is 436 g/mol. The number of fused-ring (bicyclic) bond motifs is 2. The van der Waals surface area contributed by atoms with E-state index in [0.29, 0.717) is 0 Å². The predicted octanol–water partition coefficient (Wildman–Crippen LogP) is 7.42. The Bertz CT molecular complexity index is 1370. The van der Waals surface area contributed by atoms with Gasteiger partial charge in [0.05, 0.1) is 5.41 Å². The maximum absolute atomic E-state index is 3.75. The van der Waals surface area contributed by atoms with Gasteiger partial charge in [0, 0.05) is 23.8 Å². The molecule has 1 aliphatic carbocycles. The van der Waals surface area contributed by atoms with Gasteiger partial charge in [-0.1, -0.05) is 121 Å². The average molecular weight is 463 g/mol. The highest BCUT2D eigenvalue weighted by atomic mass is 14.8. The summed E-state index contributed by atoms with van der Waals surface area (Å²) in [4.78, 5) is 7.50. The minimum Gasteiger partial charge on any atom is -0.363 e. The SMILES string of the molecule is c1ccc(C2(c3ccccc3)c3cc[nH]c3C(c3ccccc3)(c3ccccc3)c3[nH]ccc32)cc1. The van der Waals surface area contributed by atoms with E-state index >= 15 is 0 Å². The molecule has 2 aromatic heterocycles. The highest BCUT2D eigenvalue weighted by molar-refractivity contribution is 5.73. The van der Waals surface area contributed by atoms with Gasteiger partial charge < -0.3 is 9.97 Å². The molecule has 0 spiro atoms. The first kappa shape index (κ1) is 20.8. The zero-order chi connectivity index (χ0) is 24.0. The lowest BCUT2D eigenvalue weighted by Crippen LogP contribution is -2.45. The molecule has 0 fully saturated rings. The Kier molecular flexibility index (Phi) is 4.62. The summed E-state index contributed by atoms with van der Waals surface area (Å²) in [5, 5.41) is 0. The van der Waals surface area contributed by atoms with E-state index in [2.05, 4.69) is 156 Å². The molecule has 172 valence electrons. The van der Waals surface area contributed by atoms with Gasteiger partial charge in [0.15, 0.2) is 0 Å². The highest BCUT2D eigenvalue weighted by Gasteiger charge is 2.55. The molecule has 0 amide bonds. The van der Waals surface area contributed by atoms with Crippen LogP contribution in [0.2, 0.25) is 0 Å². The van der Waals surface area contributed by atoms with Crippen LogP contribution >= 0.6 is 0 Å². The lowest BCUT2D eigenvalue weighted by atomic mass is 9.54. The minimum absolute atomic E-state index is 0.458. The Morgan fingerprint density at radius 1 is 0.333 bits per heavy atom. The van der Waals surface area contributed by atoms with E-state index in [9.17, 15) is 0 Å². The van der Waals surface area contributed by atoms with Gasteiger partial charge in [-0.05, 0) is 45.5 Å². The smallest absolute Gasteiger partial charge is 0.101 e. The molecule has 7 rings (SSSR count). The monoisotopic (exact) mass is 462 g/mol. The van der Waals surface area contributed by atoms with Crippen molar-refractivity contribution in [3.63, 3.8) is 0 Å². The molecule has 1 aliphatic rings. The number of hydrogen-bond acceptors (Lipinski definition) is 0. The number of aromatic amines is 2. The van der Waals surface area contributed by atoms with Crippen LogP contribution in [0.3, 0.4) is 0 Å². The maximum Gasteiger partial charge on any atom is 0.101 e. The predicted molar refractivity (Wildman–Crippen MR) is 145 cm³/mol. The Balaban J connectivity index is 1.68. The van der Waals surface area contributed by atoms with Crippen molar-refractivity contribution < 1.29 is 0 Å². The fourth-order valence-corrected chi connectivity index (χ4v) is 6.54. The molecule has 6 aromatic rings. The molecule has 0 radical (unpaired) electrons. The lowest BCUT2D eigenvalue weighted by molar-refractivity contribution is 0.595. The summed E-state index contributed by atoms with van der Waals surface area (Å²) in [6, 6.07) is 48.1. The average Bonchev–Trinajstić information content (AvgIpc) is 3.65. The summed E-state index contributed by atoms with van der Waals surface area (Å²) in [6.07, 6.45) is 4.22. The molecule has 36 heavy (non-hydrogen) atoms. The second-order valence-corrected chi connectivity index (χ2v) is 9.50. The van der Waals surface area contributed by atoms with Crippen LogP contribution in [0, 0.1) is 0 Å². The Labute approximate surface area is 211 Å². The van der Waals surface area contributed by atoms with Crippen LogP contribution in [0.4, 0.5) is 0 Å². The second kappa shape index (κ2) is 8.00. The van der Waals surface area contributed by atoms with Crippen molar-refractivity contribution in [1.29, 1.82) is 0 Å². The van der Waals surface area contributed by atoms with Gasteiger partial charge in [0.2, 0.25) is 0 Å². The first-order valence-corrected chi connectivity index (χ1v) is 12.5. The van der Waals surface area contributed by atoms with Crippen LogP contribution in [0.15, 0.2) is 146 Å². The first-order valence-electron chi connectivity index (χ1n) is 12.5. The summed E-state index contributed by atoms with van der Waals surface area (Å²) in [7, 11) is 0. The topological polar surface area (TPSA) is 31.6 Å². The molecule has 0 saturated heterocycles. The van der Waals surface area contributed by atoms with Gasteiger partial charge in [0.1, 0.15) is 5.41 Å². The van der Waals surface area contributed by atoms with Crippen molar-refractivity contribution in [2.24, 2.45) is 0 Å². The van der Waals surface area contributed by atoms with Crippen LogP contribution in [-0.4, -0.2) is 9.97 Å². The van der Waals surface area contributed by atoms with Crippen LogP contribution < -0.4 is 0 Å². The fourth-order valence-electron chi connectivity index (χ4n) is 6.54. The van der Waals surface area contributed by atoms with E-state index in [0.717, 1.165) is 0 Å². The second-order valence-electron chi connectivity index (χ2n) is 9.50. The molecule has 0 aliphatic heterocycles. The number of hydrogen-bond donors (Lipinski definition) is 2. The summed E-state index contributed by atoms with van der Waals surface area (Å²) >= 11 is 0. The third-order valence-corrected chi connectivity index (χ3v) is 7.88. The number of nitrogens with one attached hydrogen (secondary N) is 2. The minimum atomic E-state index is -0.507. The molecule has 4 aromatic carbocycles. The van der Waals surface area contributed by atoms with E-state index in [4.69, 9.17) is 0 Å². The van der Waals surface area contributed by atoms with Gasteiger partial charge >= 0.3 is 0 Å². The summed E-state index contributed by atoms with van der Waals surface area (Å²) in [6.45, 7) is 0. The van der Waals surface area contributed by atoms with Gasteiger partial charge in [-0.3, -0.25) is 0 Å². The first-order chi connectivity index (χ1) is 17.9. The number of benzene rings is 4. The zero-order valence-corrected chi connectivity index (χ0v) is 19.9. The Morgan fingerprint density at radius 2 is 0.639 bits per heavy atom. The van der Waals surface area contributed by atoms with Crippen molar-refractivity contribution in [2.45, 2.75) is 10.8 Å². The molecular formula is C34H26N2. The standard InChI is InChI=1S/C34H26N2/c1-5-13-25(14-6-1)33(26-15-7-2-8-16-26)29-21-23-35-31(29)34(27-17-9-3-10-18-27,28-19-11-4-12-20-28)32-30(33)22-24-36-32/h1-24,35-36H. The summed E-state index contributed by atoms with van der Waals surface area (Å²) in [5.74, 6) is 0. The highest BCUT2D eigenvalue weighted by Crippen LogP contribution is 2.59. The number of aromatic nitrogens is 2. The molecule has 2 heterocycles. The molecule has 2 heteroatoms. The fraction of sp³-hybridized carbons (Fsp3) is 0.0588. The third kappa shape index (κ3) is 2.61. The van der Waals surface area contributed by atoms with E-state index in [1.165, 1.54) is 44.8 Å². The summed E-state index contributed by atoms with van der Waals surface area (Å²) < 4.78 is 0. The Hall–Kier alpha value is -4.56. The van der Waals surface area contributed by atoms with E-state index in [-0.39, 0.29) is 0 Å². The molecule has 0 unspecified atom stereocenters. The molecule has 2 N–H and O–H groups in total. The molecule has 0 bridgehead atoms. The Morgan fingerprint density at radius 3 is 0.972 bits per heavy atom. The zero-order valence-electron chi connectivity index (χ0n) is 19.9. The van der Waals surface area contributed by atoms with Crippen molar-refractivity contribution in [2.75, 3.05) is 0 Å². The molecule has 0 atom stereocenters. The maximum atomic E-state index is 3.75. The number of H-pyrrole nitrogens is 2. The van der Waals surface area contributed by atoms with Crippen LogP contribution in [0.5, 0.6) is 0 Å². The quantitative estimate of drug-likeness (QED) is 0.273. The van der Waals surface area contributed by atoms with Crippen molar-refractivity contribution in [1.82, 2.24) is 9.97 Å². The van der Waals surface area contributed by atoms with Gasteiger partial charge in [-0.2, -0.15) is 0 Å². The van der Waals surface area contributed by atoms with E-state index < -0.39 is 10.8 Å². The van der Waals surface area contributed by atoms with Crippen LogP contribution in [0.25, 0.3) is 0 Å². The van der Waals surface area contributed by atoms with Gasteiger partial charge in [-0.25, -0.2) is 0 Å². The molecule has 0 saturated carbocycles. The summed E-state index contributed by atoms with van der Waals surface area (Å²) in [5.41, 5.74) is 8.97. The third-order valence-electron chi connectivity index (χ3n) is 7.88. The normalized spacial score (nSPS) is 15.1. The van der Waals surface area contributed by atoms with Crippen LogP contribution in [-0.2, 0) is 10.8 Å². The molecule has 2 nitrogen and oxygen atoms in total. The lowest BCUT2D eigenvalue weighted by Gasteiger charge is -2.47. The van der Waals surface area contributed by atoms with E-state index in [1.807, 2.05) is 0 Å². The largest absolute Gasteiger partial charge is 0.363 e. The van der Waals surface area contributed by atoms with Crippen molar-refractivity contribution in [3.05, 3.63) is 191 Å². The van der Waals surface area contributed by atoms with Gasteiger partial charge in [0.25, 0.3) is 0 Å². The number of rotatable bonds is 4.